The summed E-state index contributed by atoms with van der Waals surface area (Å²) in [5.41, 5.74) is 0.730. The van der Waals surface area contributed by atoms with Crippen LogP contribution in [-0.4, -0.2) is 57.8 Å². The van der Waals surface area contributed by atoms with E-state index in [1.807, 2.05) is 0 Å². The number of halogens is 2. The summed E-state index contributed by atoms with van der Waals surface area (Å²) in [6.45, 7) is 3.42. The normalized spacial score (nSPS) is 21.6. The molecule has 140 valence electrons. The lowest BCUT2D eigenvalue weighted by Gasteiger charge is -2.42. The maximum Gasteiger partial charge on any atom is 0.208 e. The molecule has 1 aromatic rings. The Morgan fingerprint density at radius 2 is 1.64 bits per heavy atom. The molecule has 1 aromatic carbocycles. The zero-order valence-electron chi connectivity index (χ0n) is 14.4. The fourth-order valence-corrected chi connectivity index (χ4v) is 4.70. The highest BCUT2D eigenvalue weighted by molar-refractivity contribution is 7.88. The minimum Gasteiger partial charge on any atom is -0.371 e. The lowest BCUT2D eigenvalue weighted by atomic mass is 9.98. The standard InChI is InChI=1S/C17H25F2N3O2S/c1-25(23,24)20-13-4-8-21(9-5-13)14-6-10-22(11-7-14)15-2-3-16(18)17(19)12-15/h2-3,12-14,20H,4-11H2,1H3. The summed E-state index contributed by atoms with van der Waals surface area (Å²) in [5.74, 6) is -1.62. The summed E-state index contributed by atoms with van der Waals surface area (Å²) in [6, 6.07) is 4.57. The van der Waals surface area contributed by atoms with Crippen LogP contribution in [0.4, 0.5) is 14.5 Å². The van der Waals surface area contributed by atoms with Crippen LogP contribution in [0.15, 0.2) is 18.2 Å². The van der Waals surface area contributed by atoms with Gasteiger partial charge in [-0.05, 0) is 50.9 Å². The van der Waals surface area contributed by atoms with E-state index in [2.05, 4.69) is 14.5 Å². The summed E-state index contributed by atoms with van der Waals surface area (Å²) < 4.78 is 51.8. The van der Waals surface area contributed by atoms with Crippen LogP contribution in [0, 0.1) is 11.6 Å². The monoisotopic (exact) mass is 373 g/mol. The Morgan fingerprint density at radius 1 is 1.00 bits per heavy atom. The van der Waals surface area contributed by atoms with E-state index in [9.17, 15) is 17.2 Å². The number of hydrogen-bond acceptors (Lipinski definition) is 4. The van der Waals surface area contributed by atoms with Crippen molar-refractivity contribution in [3.8, 4) is 0 Å². The molecule has 0 aliphatic carbocycles. The van der Waals surface area contributed by atoms with Gasteiger partial charge in [0.15, 0.2) is 11.6 Å². The minimum absolute atomic E-state index is 0.0357. The van der Waals surface area contributed by atoms with E-state index in [0.717, 1.165) is 57.5 Å². The molecular weight excluding hydrogens is 348 g/mol. The molecule has 0 bridgehead atoms. The fraction of sp³-hybridized carbons (Fsp3) is 0.647. The second kappa shape index (κ2) is 7.55. The summed E-state index contributed by atoms with van der Waals surface area (Å²) >= 11 is 0. The SMILES string of the molecule is CS(=O)(=O)NC1CCN(C2CCN(c3ccc(F)c(F)c3)CC2)CC1. The zero-order chi connectivity index (χ0) is 18.0. The van der Waals surface area contributed by atoms with Gasteiger partial charge < -0.3 is 9.80 Å². The Balaban J connectivity index is 1.49. The van der Waals surface area contributed by atoms with E-state index in [0.29, 0.717) is 6.04 Å². The van der Waals surface area contributed by atoms with Gasteiger partial charge in [-0.25, -0.2) is 21.9 Å². The first-order valence-corrected chi connectivity index (χ1v) is 10.6. The van der Waals surface area contributed by atoms with E-state index in [1.165, 1.54) is 18.4 Å². The number of anilines is 1. The van der Waals surface area contributed by atoms with Gasteiger partial charge in [-0.3, -0.25) is 0 Å². The molecule has 2 aliphatic rings. The van der Waals surface area contributed by atoms with Crippen molar-refractivity contribution in [2.75, 3.05) is 37.3 Å². The number of piperidine rings is 2. The van der Waals surface area contributed by atoms with E-state index < -0.39 is 21.7 Å². The summed E-state index contributed by atoms with van der Waals surface area (Å²) in [7, 11) is -3.14. The molecule has 2 heterocycles. The Bertz CT molecular complexity index is 698. The van der Waals surface area contributed by atoms with Crippen molar-refractivity contribution in [2.45, 2.75) is 37.8 Å². The minimum atomic E-state index is -3.14. The number of sulfonamides is 1. The molecular formula is C17H25F2N3O2S. The van der Waals surface area contributed by atoms with Crippen LogP contribution in [0.25, 0.3) is 0 Å². The molecule has 2 fully saturated rings. The molecule has 0 spiro atoms. The average molecular weight is 373 g/mol. The van der Waals surface area contributed by atoms with Crippen molar-refractivity contribution >= 4 is 15.7 Å². The van der Waals surface area contributed by atoms with Crippen molar-refractivity contribution < 1.29 is 17.2 Å². The molecule has 0 radical (unpaired) electrons. The van der Waals surface area contributed by atoms with Crippen LogP contribution >= 0.6 is 0 Å². The fourth-order valence-electron chi connectivity index (χ4n) is 3.86. The van der Waals surface area contributed by atoms with E-state index in [1.54, 1.807) is 6.07 Å². The number of nitrogens with zero attached hydrogens (tertiary/aromatic N) is 2. The van der Waals surface area contributed by atoms with Gasteiger partial charge >= 0.3 is 0 Å². The van der Waals surface area contributed by atoms with Crippen LogP contribution in [0.5, 0.6) is 0 Å². The lowest BCUT2D eigenvalue weighted by molar-refractivity contribution is 0.129. The van der Waals surface area contributed by atoms with Crippen molar-refractivity contribution in [3.63, 3.8) is 0 Å². The maximum atomic E-state index is 13.4. The van der Waals surface area contributed by atoms with Gasteiger partial charge in [0, 0.05) is 36.9 Å². The molecule has 0 unspecified atom stereocenters. The highest BCUT2D eigenvalue weighted by Gasteiger charge is 2.29. The van der Waals surface area contributed by atoms with Crippen molar-refractivity contribution in [2.24, 2.45) is 0 Å². The molecule has 0 saturated carbocycles. The lowest BCUT2D eigenvalue weighted by Crippen LogP contribution is -2.51. The third kappa shape index (κ3) is 4.89. The second-order valence-electron chi connectivity index (χ2n) is 7.02. The van der Waals surface area contributed by atoms with Crippen molar-refractivity contribution in [3.05, 3.63) is 29.8 Å². The molecule has 1 N–H and O–H groups in total. The number of likely N-dealkylation sites (tertiary alicyclic amines) is 1. The van der Waals surface area contributed by atoms with Gasteiger partial charge in [0.1, 0.15) is 0 Å². The Morgan fingerprint density at radius 3 is 2.20 bits per heavy atom. The molecule has 2 aliphatic heterocycles. The van der Waals surface area contributed by atoms with Gasteiger partial charge in [0.25, 0.3) is 0 Å². The molecule has 0 aromatic heterocycles. The molecule has 3 rings (SSSR count). The zero-order valence-corrected chi connectivity index (χ0v) is 15.2. The van der Waals surface area contributed by atoms with Crippen molar-refractivity contribution in [1.29, 1.82) is 0 Å². The van der Waals surface area contributed by atoms with Crippen LogP contribution in [0.1, 0.15) is 25.7 Å². The first kappa shape index (κ1) is 18.5. The third-order valence-electron chi connectivity index (χ3n) is 5.16. The van der Waals surface area contributed by atoms with Crippen LogP contribution in [0.2, 0.25) is 0 Å². The molecule has 2 saturated heterocycles. The van der Waals surface area contributed by atoms with Gasteiger partial charge in [-0.15, -0.1) is 0 Å². The second-order valence-corrected chi connectivity index (χ2v) is 8.80. The quantitative estimate of drug-likeness (QED) is 0.877. The number of benzene rings is 1. The summed E-state index contributed by atoms with van der Waals surface area (Å²) in [4.78, 5) is 4.53. The van der Waals surface area contributed by atoms with E-state index in [4.69, 9.17) is 0 Å². The average Bonchev–Trinajstić information content (AvgIpc) is 2.57. The number of nitrogens with one attached hydrogen (secondary N) is 1. The van der Waals surface area contributed by atoms with E-state index >= 15 is 0 Å². The number of hydrogen-bond donors (Lipinski definition) is 1. The maximum absolute atomic E-state index is 13.4. The van der Waals surface area contributed by atoms with Gasteiger partial charge in [0.2, 0.25) is 10.0 Å². The molecule has 25 heavy (non-hydrogen) atoms. The highest BCUT2D eigenvalue weighted by atomic mass is 32.2. The van der Waals surface area contributed by atoms with Crippen LogP contribution in [-0.2, 0) is 10.0 Å². The molecule has 8 heteroatoms. The molecule has 0 atom stereocenters. The Hall–Kier alpha value is -1.25. The topological polar surface area (TPSA) is 52.7 Å². The number of rotatable bonds is 4. The predicted molar refractivity (Wildman–Crippen MR) is 94.2 cm³/mol. The predicted octanol–water partition coefficient (Wildman–Crippen LogP) is 1.95. The van der Waals surface area contributed by atoms with Crippen LogP contribution in [0.3, 0.4) is 0 Å². The highest BCUT2D eigenvalue weighted by Crippen LogP contribution is 2.26. The molecule has 5 nitrogen and oxygen atoms in total. The summed E-state index contributed by atoms with van der Waals surface area (Å²) in [6.07, 6.45) is 4.81. The largest absolute Gasteiger partial charge is 0.371 e. The van der Waals surface area contributed by atoms with Gasteiger partial charge in [-0.1, -0.05) is 0 Å². The van der Waals surface area contributed by atoms with Crippen molar-refractivity contribution in [1.82, 2.24) is 9.62 Å². The van der Waals surface area contributed by atoms with Gasteiger partial charge in [-0.2, -0.15) is 0 Å². The third-order valence-corrected chi connectivity index (χ3v) is 5.92. The summed E-state index contributed by atoms with van der Waals surface area (Å²) in [5, 5.41) is 0. The Kier molecular flexibility index (Phi) is 5.60. The van der Waals surface area contributed by atoms with Gasteiger partial charge in [0.05, 0.1) is 6.26 Å². The van der Waals surface area contributed by atoms with Crippen LogP contribution < -0.4 is 9.62 Å². The van der Waals surface area contributed by atoms with E-state index in [-0.39, 0.29) is 6.04 Å². The Labute approximate surface area is 148 Å². The smallest absolute Gasteiger partial charge is 0.208 e. The first-order chi connectivity index (χ1) is 11.8. The first-order valence-electron chi connectivity index (χ1n) is 8.73. The molecule has 0 amide bonds.